The van der Waals surface area contributed by atoms with Gasteiger partial charge in [-0.05, 0) is 31.7 Å². The topological polar surface area (TPSA) is 109 Å². The number of hydrogen-bond donors (Lipinski definition) is 2. The van der Waals surface area contributed by atoms with Crippen molar-refractivity contribution < 1.29 is 14.4 Å². The van der Waals surface area contributed by atoms with E-state index in [0.717, 1.165) is 30.2 Å². The van der Waals surface area contributed by atoms with Crippen LogP contribution in [0.4, 0.5) is 4.79 Å². The van der Waals surface area contributed by atoms with E-state index in [-0.39, 0.29) is 5.75 Å². The first-order chi connectivity index (χ1) is 14.5. The molecule has 0 spiro atoms. The second-order valence-corrected chi connectivity index (χ2v) is 8.32. The Hall–Kier alpha value is -2.88. The maximum Gasteiger partial charge on any atom is 0.344 e. The average Bonchev–Trinajstić information content (AvgIpc) is 3.48. The van der Waals surface area contributed by atoms with Gasteiger partial charge in [-0.1, -0.05) is 49.0 Å². The van der Waals surface area contributed by atoms with Crippen LogP contribution in [-0.4, -0.2) is 43.4 Å². The maximum atomic E-state index is 13.1. The Bertz CT molecular complexity index is 974. The minimum Gasteiger partial charge on any atom is -0.318 e. The molecule has 2 heterocycles. The maximum absolute atomic E-state index is 13.1. The van der Waals surface area contributed by atoms with Crippen LogP contribution in [0.25, 0.3) is 0 Å². The van der Waals surface area contributed by atoms with Gasteiger partial charge in [0.05, 0.1) is 5.75 Å². The van der Waals surface area contributed by atoms with Crippen molar-refractivity contribution in [2.24, 2.45) is 0 Å². The van der Waals surface area contributed by atoms with Crippen LogP contribution in [0.1, 0.15) is 50.4 Å². The first kappa shape index (κ1) is 20.4. The quantitative estimate of drug-likeness (QED) is 0.493. The lowest BCUT2D eigenvalue weighted by molar-refractivity contribution is -0.138. The van der Waals surface area contributed by atoms with Crippen LogP contribution in [-0.2, 0) is 21.7 Å². The number of benzene rings is 1. The Morgan fingerprint density at radius 2 is 1.97 bits per heavy atom. The van der Waals surface area contributed by atoms with E-state index in [1.807, 2.05) is 36.6 Å². The summed E-state index contributed by atoms with van der Waals surface area (Å²) < 4.78 is 2.01. The van der Waals surface area contributed by atoms with E-state index >= 15 is 0 Å². The molecular weight excluding hydrogens is 404 g/mol. The molecule has 0 unspecified atom stereocenters. The summed E-state index contributed by atoms with van der Waals surface area (Å²) in [4.78, 5) is 38.0. The van der Waals surface area contributed by atoms with Gasteiger partial charge < -0.3 is 9.88 Å². The summed E-state index contributed by atoms with van der Waals surface area (Å²) in [6.07, 6.45) is 2.61. The number of thioether (sulfide) groups is 1. The second kappa shape index (κ2) is 8.10. The van der Waals surface area contributed by atoms with Crippen molar-refractivity contribution in [3.63, 3.8) is 0 Å². The van der Waals surface area contributed by atoms with Gasteiger partial charge in [0.1, 0.15) is 11.4 Å². The molecule has 1 atom stereocenters. The number of urea groups is 1. The van der Waals surface area contributed by atoms with E-state index in [4.69, 9.17) is 0 Å². The Kier molecular flexibility index (Phi) is 5.50. The van der Waals surface area contributed by atoms with E-state index in [1.54, 1.807) is 12.1 Å². The summed E-state index contributed by atoms with van der Waals surface area (Å²) in [5, 5.41) is 12.6. The number of carbonyl (C=O) groups is 3. The van der Waals surface area contributed by atoms with E-state index in [1.165, 1.54) is 11.8 Å². The van der Waals surface area contributed by atoms with Gasteiger partial charge in [0.2, 0.25) is 5.91 Å². The predicted octanol–water partition coefficient (Wildman–Crippen LogP) is 2.16. The second-order valence-electron chi connectivity index (χ2n) is 7.38. The minimum absolute atomic E-state index is 0.0182. The predicted molar refractivity (Wildman–Crippen MR) is 110 cm³/mol. The molecule has 2 N–H and O–H groups in total. The molecule has 9 nitrogen and oxygen atoms in total. The molecule has 4 rings (SSSR count). The summed E-state index contributed by atoms with van der Waals surface area (Å²) in [6, 6.07) is 8.40. The van der Waals surface area contributed by atoms with Crippen molar-refractivity contribution in [2.75, 3.05) is 5.75 Å². The van der Waals surface area contributed by atoms with Gasteiger partial charge in [0, 0.05) is 12.5 Å². The number of carbonyl (C=O) groups excluding carboxylic acids is 3. The number of nitrogens with one attached hydrogen (secondary N) is 2. The largest absolute Gasteiger partial charge is 0.344 e. The Morgan fingerprint density at radius 1 is 1.23 bits per heavy atom. The van der Waals surface area contributed by atoms with Crippen LogP contribution in [0.15, 0.2) is 35.5 Å². The van der Waals surface area contributed by atoms with Crippen molar-refractivity contribution in [2.45, 2.75) is 56.3 Å². The fourth-order valence-corrected chi connectivity index (χ4v) is 4.48. The Balaban J connectivity index is 1.42. The third kappa shape index (κ3) is 3.55. The van der Waals surface area contributed by atoms with Crippen molar-refractivity contribution >= 4 is 29.6 Å². The van der Waals surface area contributed by atoms with E-state index in [9.17, 15) is 14.4 Å². The zero-order chi connectivity index (χ0) is 21.3. The first-order valence-corrected chi connectivity index (χ1v) is 11.1. The monoisotopic (exact) mass is 428 g/mol. The number of imide groups is 1. The summed E-state index contributed by atoms with van der Waals surface area (Å²) in [5.74, 6) is 0.496. The lowest BCUT2D eigenvalue weighted by atomic mass is 9.87. The number of aromatic nitrogens is 3. The van der Waals surface area contributed by atoms with Gasteiger partial charge in [0.25, 0.3) is 5.91 Å². The van der Waals surface area contributed by atoms with Crippen molar-refractivity contribution in [1.29, 1.82) is 0 Å². The number of hydrazine groups is 1. The third-order valence-corrected chi connectivity index (χ3v) is 6.43. The molecule has 1 aliphatic heterocycles. The van der Waals surface area contributed by atoms with Gasteiger partial charge in [-0.3, -0.25) is 15.0 Å². The van der Waals surface area contributed by atoms with Crippen molar-refractivity contribution in [1.82, 2.24) is 30.5 Å². The number of rotatable bonds is 8. The highest BCUT2D eigenvalue weighted by molar-refractivity contribution is 7.99. The van der Waals surface area contributed by atoms with E-state index in [2.05, 4.69) is 20.9 Å². The van der Waals surface area contributed by atoms with Crippen LogP contribution in [0.3, 0.4) is 0 Å². The number of hydrogen-bond acceptors (Lipinski definition) is 6. The van der Waals surface area contributed by atoms with Gasteiger partial charge in [-0.2, -0.15) is 5.01 Å². The van der Waals surface area contributed by atoms with Crippen LogP contribution in [0, 0.1) is 0 Å². The molecule has 4 amide bonds. The molecule has 1 aromatic carbocycles. The smallest absolute Gasteiger partial charge is 0.318 e. The van der Waals surface area contributed by atoms with E-state index in [0.29, 0.717) is 23.1 Å². The minimum atomic E-state index is -1.18. The molecule has 30 heavy (non-hydrogen) atoms. The van der Waals surface area contributed by atoms with Gasteiger partial charge >= 0.3 is 6.03 Å². The zero-order valence-corrected chi connectivity index (χ0v) is 17.7. The fourth-order valence-electron chi connectivity index (χ4n) is 3.67. The molecule has 1 saturated heterocycles. The van der Waals surface area contributed by atoms with Gasteiger partial charge in [0.15, 0.2) is 5.16 Å². The number of amides is 4. The molecule has 1 aliphatic carbocycles. The van der Waals surface area contributed by atoms with Gasteiger partial charge in [-0.25, -0.2) is 4.79 Å². The zero-order valence-electron chi connectivity index (χ0n) is 16.9. The highest BCUT2D eigenvalue weighted by atomic mass is 32.2. The Morgan fingerprint density at radius 3 is 2.60 bits per heavy atom. The van der Waals surface area contributed by atoms with Gasteiger partial charge in [-0.15, -0.1) is 10.2 Å². The molecule has 0 bridgehead atoms. The Labute approximate surface area is 178 Å². The van der Waals surface area contributed by atoms with Crippen molar-refractivity contribution in [3.05, 3.63) is 41.7 Å². The van der Waals surface area contributed by atoms with Crippen LogP contribution < -0.4 is 10.7 Å². The molecular formula is C20H24N6O3S. The molecule has 2 fully saturated rings. The summed E-state index contributed by atoms with van der Waals surface area (Å²) >= 11 is 1.24. The standard InChI is InChI=1S/C20H24N6O3S/c1-3-20(14-8-6-5-7-9-14)17(28)26(18(29)21-20)24-15(27)12-30-19-23-22-16(13-10-11-13)25(19)4-2/h5-9,13H,3-4,10-12H2,1-2H3,(H,21,29)(H,24,27)/t20-/m0/s1. The molecule has 2 aromatic rings. The lowest BCUT2D eigenvalue weighted by Gasteiger charge is -2.25. The number of nitrogens with zero attached hydrogens (tertiary/aromatic N) is 4. The average molecular weight is 429 g/mol. The highest BCUT2D eigenvalue weighted by Crippen LogP contribution is 2.40. The SMILES string of the molecule is CCn1c(SCC(=O)NN2C(=O)N[C@@](CC)(c3ccccc3)C2=O)nnc1C1CC1. The summed E-state index contributed by atoms with van der Waals surface area (Å²) in [5.41, 5.74) is 1.94. The summed E-state index contributed by atoms with van der Waals surface area (Å²) in [6.45, 7) is 4.56. The first-order valence-electron chi connectivity index (χ1n) is 10.1. The van der Waals surface area contributed by atoms with Crippen LogP contribution >= 0.6 is 11.8 Å². The molecule has 2 aliphatic rings. The normalized spacial score (nSPS) is 21.1. The highest BCUT2D eigenvalue weighted by Gasteiger charge is 2.52. The molecule has 10 heteroatoms. The molecule has 1 saturated carbocycles. The van der Waals surface area contributed by atoms with Crippen LogP contribution in [0.2, 0.25) is 0 Å². The van der Waals surface area contributed by atoms with Crippen molar-refractivity contribution in [3.8, 4) is 0 Å². The van der Waals surface area contributed by atoms with Crippen LogP contribution in [0.5, 0.6) is 0 Å². The fraction of sp³-hybridized carbons (Fsp3) is 0.450. The summed E-state index contributed by atoms with van der Waals surface area (Å²) in [7, 11) is 0. The van der Waals surface area contributed by atoms with E-state index < -0.39 is 23.4 Å². The molecule has 1 aromatic heterocycles. The molecule has 0 radical (unpaired) electrons. The third-order valence-electron chi connectivity index (χ3n) is 5.46. The molecule has 158 valence electrons. The lowest BCUT2D eigenvalue weighted by Crippen LogP contribution is -2.49.